The van der Waals surface area contributed by atoms with E-state index in [1.165, 1.54) is 0 Å². The van der Waals surface area contributed by atoms with E-state index in [9.17, 15) is 9.59 Å². The van der Waals surface area contributed by atoms with Crippen LogP contribution in [0.1, 0.15) is 27.7 Å². The summed E-state index contributed by atoms with van der Waals surface area (Å²) in [5.41, 5.74) is 0. The van der Waals surface area contributed by atoms with E-state index >= 15 is 0 Å². The Balaban J connectivity index is 4.46. The van der Waals surface area contributed by atoms with Crippen molar-refractivity contribution in [2.75, 3.05) is 6.61 Å². The summed E-state index contributed by atoms with van der Waals surface area (Å²) in [6.45, 7) is 7.64. The normalized spacial score (nSPS) is 12.9. The molecule has 15 heavy (non-hydrogen) atoms. The number of hydrogen-bond donors (Lipinski definition) is 1. The summed E-state index contributed by atoms with van der Waals surface area (Å²) in [7, 11) is 0. The highest BCUT2D eigenvalue weighted by Gasteiger charge is 2.29. The van der Waals surface area contributed by atoms with Gasteiger partial charge in [0.1, 0.15) is 0 Å². The van der Waals surface area contributed by atoms with Crippen molar-refractivity contribution >= 4 is 12.4 Å². The molecule has 0 aromatic rings. The molecule has 0 saturated carbocycles. The Kier molecular flexibility index (Phi) is 5.93. The molecule has 0 fully saturated rings. The van der Waals surface area contributed by atoms with E-state index in [2.05, 4.69) is 0 Å². The number of carbonyl (C=O) groups is 2. The van der Waals surface area contributed by atoms with Crippen molar-refractivity contribution in [3.63, 3.8) is 0 Å². The summed E-state index contributed by atoms with van der Waals surface area (Å²) in [5.74, 6) is -1.00. The number of hydrogen-bond acceptors (Lipinski definition) is 3. The molecule has 0 aliphatic heterocycles. The Labute approximate surface area is 90.0 Å². The molecule has 0 saturated heterocycles. The van der Waals surface area contributed by atoms with Crippen LogP contribution in [0.3, 0.4) is 0 Å². The van der Waals surface area contributed by atoms with Crippen LogP contribution in [-0.2, 0) is 14.4 Å². The fraction of sp³-hybridized carbons (Fsp3) is 0.800. The lowest BCUT2D eigenvalue weighted by molar-refractivity contribution is -0.204. The van der Waals surface area contributed by atoms with E-state index < -0.39 is 12.0 Å². The second-order valence-corrected chi connectivity index (χ2v) is 4.18. The SMILES string of the molecule is CC(C)CON(C=O)[C@H](C(=O)O)C(C)C. The van der Waals surface area contributed by atoms with Gasteiger partial charge in [0.15, 0.2) is 6.04 Å². The molecule has 5 nitrogen and oxygen atoms in total. The fourth-order valence-electron chi connectivity index (χ4n) is 1.10. The Hall–Kier alpha value is -1.10. The first-order valence-electron chi connectivity index (χ1n) is 4.99. The maximum atomic E-state index is 10.9. The van der Waals surface area contributed by atoms with Crippen molar-refractivity contribution in [3.05, 3.63) is 0 Å². The number of carboxylic acid groups (broad SMARTS) is 1. The smallest absolute Gasteiger partial charge is 0.329 e. The van der Waals surface area contributed by atoms with Crippen molar-refractivity contribution < 1.29 is 19.5 Å². The third kappa shape index (κ3) is 4.78. The standard InChI is InChI=1S/C10H19NO4/c1-7(2)5-15-11(6-12)9(8(3)4)10(13)14/h6-9H,5H2,1-4H3,(H,13,14)/t9-/m0/s1. The van der Waals surface area contributed by atoms with Crippen LogP contribution in [0.5, 0.6) is 0 Å². The van der Waals surface area contributed by atoms with E-state index in [0.29, 0.717) is 13.0 Å². The maximum absolute atomic E-state index is 10.9. The first-order valence-corrected chi connectivity index (χ1v) is 4.99. The summed E-state index contributed by atoms with van der Waals surface area (Å²) >= 11 is 0. The molecule has 0 heterocycles. The minimum absolute atomic E-state index is 0.195. The molecule has 0 aliphatic rings. The zero-order chi connectivity index (χ0) is 12.0. The molecule has 0 spiro atoms. The van der Waals surface area contributed by atoms with Crippen LogP contribution in [0, 0.1) is 11.8 Å². The molecule has 1 amide bonds. The number of amides is 1. The van der Waals surface area contributed by atoms with Gasteiger partial charge in [-0.05, 0) is 11.8 Å². The second kappa shape index (κ2) is 6.40. The van der Waals surface area contributed by atoms with Gasteiger partial charge in [-0.2, -0.15) is 0 Å². The third-order valence-electron chi connectivity index (χ3n) is 1.82. The van der Waals surface area contributed by atoms with Crippen LogP contribution in [0.4, 0.5) is 0 Å². The number of carbonyl (C=O) groups excluding carboxylic acids is 1. The molecule has 0 bridgehead atoms. The van der Waals surface area contributed by atoms with Gasteiger partial charge in [-0.1, -0.05) is 27.7 Å². The van der Waals surface area contributed by atoms with Gasteiger partial charge >= 0.3 is 5.97 Å². The van der Waals surface area contributed by atoms with E-state index in [4.69, 9.17) is 9.94 Å². The molecule has 0 radical (unpaired) electrons. The first-order chi connectivity index (χ1) is 6.90. The molecule has 1 N–H and O–H groups in total. The zero-order valence-corrected chi connectivity index (χ0v) is 9.64. The summed E-state index contributed by atoms with van der Waals surface area (Å²) in [6, 6.07) is -0.929. The highest BCUT2D eigenvalue weighted by molar-refractivity contribution is 5.76. The van der Waals surface area contributed by atoms with Gasteiger partial charge in [0.05, 0.1) is 6.61 Å². The highest BCUT2D eigenvalue weighted by Crippen LogP contribution is 2.11. The molecular weight excluding hydrogens is 198 g/mol. The lowest BCUT2D eigenvalue weighted by Crippen LogP contribution is -2.44. The Morgan fingerprint density at radius 1 is 1.40 bits per heavy atom. The van der Waals surface area contributed by atoms with Crippen molar-refractivity contribution in [3.8, 4) is 0 Å². The highest BCUT2D eigenvalue weighted by atomic mass is 16.7. The quantitative estimate of drug-likeness (QED) is 0.513. The van der Waals surface area contributed by atoms with E-state index in [0.717, 1.165) is 5.06 Å². The van der Waals surface area contributed by atoms with Crippen molar-refractivity contribution in [1.29, 1.82) is 0 Å². The molecule has 0 aliphatic carbocycles. The van der Waals surface area contributed by atoms with E-state index in [1.54, 1.807) is 13.8 Å². The van der Waals surface area contributed by atoms with Crippen LogP contribution in [0.2, 0.25) is 0 Å². The molecule has 0 rings (SSSR count). The van der Waals surface area contributed by atoms with Gasteiger partial charge in [-0.25, -0.2) is 9.86 Å². The molecule has 1 atom stereocenters. The van der Waals surface area contributed by atoms with Crippen LogP contribution in [-0.4, -0.2) is 35.2 Å². The number of rotatable bonds is 7. The molecular formula is C10H19NO4. The van der Waals surface area contributed by atoms with Gasteiger partial charge < -0.3 is 5.11 Å². The molecule has 0 unspecified atom stereocenters. The Morgan fingerprint density at radius 3 is 2.20 bits per heavy atom. The summed E-state index contributed by atoms with van der Waals surface area (Å²) in [5, 5.41) is 9.81. The summed E-state index contributed by atoms with van der Waals surface area (Å²) in [6.07, 6.45) is 0.418. The van der Waals surface area contributed by atoms with Crippen molar-refractivity contribution in [2.24, 2.45) is 11.8 Å². The minimum atomic E-state index is -1.05. The Bertz CT molecular complexity index is 215. The van der Waals surface area contributed by atoms with Crippen LogP contribution in [0.15, 0.2) is 0 Å². The van der Waals surface area contributed by atoms with Gasteiger partial charge in [0.2, 0.25) is 6.41 Å². The fourth-order valence-corrected chi connectivity index (χ4v) is 1.10. The molecule has 88 valence electrons. The van der Waals surface area contributed by atoms with Crippen molar-refractivity contribution in [2.45, 2.75) is 33.7 Å². The Morgan fingerprint density at radius 2 is 1.93 bits per heavy atom. The van der Waals surface area contributed by atoms with Gasteiger partial charge in [0.25, 0.3) is 0 Å². The van der Waals surface area contributed by atoms with Crippen molar-refractivity contribution in [1.82, 2.24) is 5.06 Å². The number of aliphatic carboxylic acids is 1. The monoisotopic (exact) mass is 217 g/mol. The number of carboxylic acids is 1. The summed E-state index contributed by atoms with van der Waals surface area (Å²) < 4.78 is 0. The van der Waals surface area contributed by atoms with Gasteiger partial charge in [-0.15, -0.1) is 0 Å². The lowest BCUT2D eigenvalue weighted by atomic mass is 10.1. The minimum Gasteiger partial charge on any atom is -0.480 e. The lowest BCUT2D eigenvalue weighted by Gasteiger charge is -2.27. The third-order valence-corrected chi connectivity index (χ3v) is 1.82. The molecule has 5 heteroatoms. The summed E-state index contributed by atoms with van der Waals surface area (Å²) in [4.78, 5) is 26.7. The maximum Gasteiger partial charge on any atom is 0.329 e. The average molecular weight is 217 g/mol. The largest absolute Gasteiger partial charge is 0.480 e. The number of nitrogens with zero attached hydrogens (tertiary/aromatic N) is 1. The topological polar surface area (TPSA) is 66.8 Å². The first kappa shape index (κ1) is 13.9. The van der Waals surface area contributed by atoms with Gasteiger partial charge in [-0.3, -0.25) is 9.63 Å². The molecule has 0 aromatic heterocycles. The van der Waals surface area contributed by atoms with E-state index in [-0.39, 0.29) is 11.8 Å². The average Bonchev–Trinajstić information content (AvgIpc) is 2.09. The second-order valence-electron chi connectivity index (χ2n) is 4.18. The predicted octanol–water partition coefficient (Wildman–Crippen LogP) is 1.14. The van der Waals surface area contributed by atoms with Gasteiger partial charge in [0, 0.05) is 0 Å². The van der Waals surface area contributed by atoms with Crippen LogP contribution in [0.25, 0.3) is 0 Å². The predicted molar refractivity (Wildman–Crippen MR) is 55.0 cm³/mol. The van der Waals surface area contributed by atoms with E-state index in [1.807, 2.05) is 13.8 Å². The molecule has 0 aromatic carbocycles. The van der Waals surface area contributed by atoms with Crippen LogP contribution < -0.4 is 0 Å². The number of hydroxylamine groups is 2. The van der Waals surface area contributed by atoms with Crippen LogP contribution >= 0.6 is 0 Å². The zero-order valence-electron chi connectivity index (χ0n) is 9.64.